The van der Waals surface area contributed by atoms with Crippen LogP contribution in [0.4, 0.5) is 4.79 Å². The van der Waals surface area contributed by atoms with Gasteiger partial charge in [0.05, 0.1) is 6.10 Å². The summed E-state index contributed by atoms with van der Waals surface area (Å²) in [5.41, 5.74) is 1.45. The van der Waals surface area contributed by atoms with E-state index in [1.54, 1.807) is 0 Å². The number of hydrogen-bond acceptors (Lipinski definition) is 3. The van der Waals surface area contributed by atoms with Crippen molar-refractivity contribution < 1.29 is 14.6 Å². The van der Waals surface area contributed by atoms with Crippen LogP contribution in [0.2, 0.25) is 0 Å². The molecule has 10 atom stereocenters. The normalized spacial score (nSPS) is 48.7. The lowest BCUT2D eigenvalue weighted by Crippen LogP contribution is -2.69. The zero-order valence-electron chi connectivity index (χ0n) is 26.7. The van der Waals surface area contributed by atoms with Gasteiger partial charge in [0.15, 0.2) is 0 Å². The number of carbonyl (C=O) groups excluding carboxylic acids is 1. The van der Waals surface area contributed by atoms with Crippen LogP contribution in [0.15, 0.2) is 12.2 Å². The lowest BCUT2D eigenvalue weighted by atomic mass is 9.32. The lowest BCUT2D eigenvalue weighted by Gasteiger charge is -2.73. The van der Waals surface area contributed by atoms with Gasteiger partial charge < -0.3 is 15.2 Å². The molecule has 0 bridgehead atoms. The van der Waals surface area contributed by atoms with Crippen LogP contribution in [0.25, 0.3) is 0 Å². The van der Waals surface area contributed by atoms with Crippen LogP contribution < -0.4 is 5.32 Å². The van der Waals surface area contributed by atoms with E-state index in [-0.39, 0.29) is 34.0 Å². The Morgan fingerprint density at radius 2 is 1.59 bits per heavy atom. The molecule has 222 valence electrons. The number of alkyl carbamates (subject to hydrolysis) is 1. The van der Waals surface area contributed by atoms with E-state index in [0.29, 0.717) is 35.0 Å². The average Bonchev–Trinajstić information content (AvgIpc) is 3.13. The molecule has 4 heteroatoms. The Hall–Kier alpha value is -1.03. The van der Waals surface area contributed by atoms with E-state index in [9.17, 15) is 9.90 Å². The molecule has 0 aromatic heterocycles. The number of fused-ring (bicyclic) bond motifs is 7. The molecule has 39 heavy (non-hydrogen) atoms. The first-order chi connectivity index (χ1) is 17.9. The predicted octanol–water partition coefficient (Wildman–Crippen LogP) is 8.67. The van der Waals surface area contributed by atoms with Crippen molar-refractivity contribution in [3.8, 4) is 0 Å². The highest BCUT2D eigenvalue weighted by Gasteiger charge is 2.71. The number of allylic oxidation sites excluding steroid dienone is 1. The van der Waals surface area contributed by atoms with Gasteiger partial charge in [0.2, 0.25) is 0 Å². The Kier molecular flexibility index (Phi) is 6.98. The summed E-state index contributed by atoms with van der Waals surface area (Å²) in [5.74, 6) is 2.96. The minimum atomic E-state index is -0.490. The molecule has 1 amide bonds. The van der Waals surface area contributed by atoms with Gasteiger partial charge in [0.1, 0.15) is 5.60 Å². The van der Waals surface area contributed by atoms with E-state index in [1.807, 2.05) is 20.8 Å². The van der Waals surface area contributed by atoms with Gasteiger partial charge in [-0.15, -0.1) is 6.58 Å². The Labute approximate surface area is 239 Å². The first-order valence-electron chi connectivity index (χ1n) is 16.2. The Balaban J connectivity index is 1.50. The van der Waals surface area contributed by atoms with Gasteiger partial charge in [-0.05, 0) is 150 Å². The number of nitrogens with one attached hydrogen (secondary N) is 1. The molecule has 0 aromatic rings. The van der Waals surface area contributed by atoms with Crippen LogP contribution >= 0.6 is 0 Å². The van der Waals surface area contributed by atoms with Gasteiger partial charge in [0.25, 0.3) is 0 Å². The van der Waals surface area contributed by atoms with Gasteiger partial charge in [-0.25, -0.2) is 4.79 Å². The Morgan fingerprint density at radius 3 is 2.23 bits per heavy atom. The summed E-state index contributed by atoms with van der Waals surface area (Å²) in [5, 5.41) is 14.6. The van der Waals surface area contributed by atoms with Crippen LogP contribution in [0.5, 0.6) is 0 Å². The van der Waals surface area contributed by atoms with E-state index in [1.165, 1.54) is 44.1 Å². The van der Waals surface area contributed by atoms with Crippen molar-refractivity contribution in [2.24, 2.45) is 51.2 Å². The summed E-state index contributed by atoms with van der Waals surface area (Å²) in [6.07, 6.45) is 12.3. The van der Waals surface area contributed by atoms with Crippen LogP contribution in [-0.2, 0) is 4.74 Å². The zero-order chi connectivity index (χ0) is 28.8. The van der Waals surface area contributed by atoms with Gasteiger partial charge in [-0.3, -0.25) is 0 Å². The molecule has 4 nitrogen and oxygen atoms in total. The molecular weight excluding hydrogens is 482 g/mol. The molecule has 5 fully saturated rings. The van der Waals surface area contributed by atoms with E-state index in [0.717, 1.165) is 32.1 Å². The molecule has 0 saturated heterocycles. The summed E-state index contributed by atoms with van der Waals surface area (Å²) in [6, 6.07) is 0. The average molecular weight is 542 g/mol. The second kappa shape index (κ2) is 9.23. The number of ether oxygens (including phenoxy) is 1. The van der Waals surface area contributed by atoms with Gasteiger partial charge >= 0.3 is 6.09 Å². The maximum absolute atomic E-state index is 13.2. The molecular formula is C35H59NO3. The number of rotatable bonds is 3. The molecule has 5 aliphatic rings. The third-order valence-corrected chi connectivity index (χ3v) is 13.9. The highest BCUT2D eigenvalue weighted by molar-refractivity contribution is 5.69. The molecule has 0 aromatic carbocycles. The summed E-state index contributed by atoms with van der Waals surface area (Å²) >= 11 is 0. The van der Waals surface area contributed by atoms with Crippen molar-refractivity contribution in [2.75, 3.05) is 0 Å². The maximum Gasteiger partial charge on any atom is 0.408 e. The van der Waals surface area contributed by atoms with Crippen molar-refractivity contribution in [3.63, 3.8) is 0 Å². The third kappa shape index (κ3) is 4.35. The monoisotopic (exact) mass is 541 g/mol. The van der Waals surface area contributed by atoms with E-state index in [4.69, 9.17) is 4.74 Å². The van der Waals surface area contributed by atoms with Crippen molar-refractivity contribution >= 4 is 6.09 Å². The molecule has 5 rings (SSSR count). The van der Waals surface area contributed by atoms with Gasteiger partial charge in [0, 0.05) is 5.54 Å². The SMILES string of the molecule is C=C(C)C[C@@H]1CC[C@]2(NC(=O)OC(C)(C)C)CC[C@]3(C)[C@H](CC[C@@H]4[C@@]5(C)CC[C@H](O)C(C)(C)[C@@H]5CC[C@]43C)[C@@H]12. The molecule has 0 radical (unpaired) electrons. The summed E-state index contributed by atoms with van der Waals surface area (Å²) in [6.45, 7) is 25.0. The molecule has 0 unspecified atom stereocenters. The Morgan fingerprint density at radius 1 is 0.897 bits per heavy atom. The molecule has 5 aliphatic carbocycles. The van der Waals surface area contributed by atoms with Crippen molar-refractivity contribution in [1.82, 2.24) is 5.32 Å². The molecule has 0 aliphatic heterocycles. The number of amides is 1. The van der Waals surface area contributed by atoms with E-state index in [2.05, 4.69) is 53.4 Å². The number of aliphatic hydroxyl groups excluding tert-OH is 1. The predicted molar refractivity (Wildman–Crippen MR) is 159 cm³/mol. The highest BCUT2D eigenvalue weighted by atomic mass is 16.6. The fourth-order valence-electron chi connectivity index (χ4n) is 12.1. The fraction of sp³-hybridized carbons (Fsp3) is 0.914. The third-order valence-electron chi connectivity index (χ3n) is 13.9. The smallest absolute Gasteiger partial charge is 0.408 e. The fourth-order valence-corrected chi connectivity index (χ4v) is 12.1. The molecule has 2 N–H and O–H groups in total. The topological polar surface area (TPSA) is 58.6 Å². The van der Waals surface area contributed by atoms with Crippen LogP contribution in [0.3, 0.4) is 0 Å². The molecule has 5 saturated carbocycles. The number of hydrogen-bond donors (Lipinski definition) is 2. The van der Waals surface area contributed by atoms with Gasteiger partial charge in [-0.2, -0.15) is 0 Å². The maximum atomic E-state index is 13.2. The summed E-state index contributed by atoms with van der Waals surface area (Å²) < 4.78 is 5.84. The highest BCUT2D eigenvalue weighted by Crippen LogP contribution is 2.76. The first kappa shape index (κ1) is 29.5. The minimum Gasteiger partial charge on any atom is -0.444 e. The number of carbonyl (C=O) groups is 1. The first-order valence-corrected chi connectivity index (χ1v) is 16.2. The van der Waals surface area contributed by atoms with Crippen molar-refractivity contribution in [3.05, 3.63) is 12.2 Å². The van der Waals surface area contributed by atoms with Crippen LogP contribution in [-0.4, -0.2) is 28.4 Å². The Bertz CT molecular complexity index is 996. The summed E-state index contributed by atoms with van der Waals surface area (Å²) in [7, 11) is 0. The van der Waals surface area contributed by atoms with E-state index >= 15 is 0 Å². The zero-order valence-corrected chi connectivity index (χ0v) is 26.7. The minimum absolute atomic E-state index is 0.0107. The standard InChI is InChI=1S/C35H59NO3/c1-22(2)21-23-13-18-35(36-29(38)39-30(3,4)5)20-19-33(9)24(28(23)35)11-12-26-32(8)16-15-27(37)31(6,7)25(32)14-17-34(26,33)10/h23-28,37H,1,11-21H2,2-10H3,(H,36,38)/t23-,24+,25-,26+,27-,28+,32-,33+,34+,35-/m0/s1. The summed E-state index contributed by atoms with van der Waals surface area (Å²) in [4.78, 5) is 13.2. The molecule has 0 heterocycles. The van der Waals surface area contributed by atoms with Crippen LogP contribution in [0, 0.1) is 51.2 Å². The van der Waals surface area contributed by atoms with Crippen molar-refractivity contribution in [2.45, 2.75) is 150 Å². The largest absolute Gasteiger partial charge is 0.444 e. The number of aliphatic hydroxyl groups is 1. The van der Waals surface area contributed by atoms with Crippen molar-refractivity contribution in [1.29, 1.82) is 0 Å². The second-order valence-electron chi connectivity index (χ2n) is 17.3. The quantitative estimate of drug-likeness (QED) is 0.351. The van der Waals surface area contributed by atoms with Gasteiger partial charge in [-0.1, -0.05) is 40.2 Å². The second-order valence-corrected chi connectivity index (χ2v) is 17.3. The van der Waals surface area contributed by atoms with E-state index < -0.39 is 5.60 Å². The lowest BCUT2D eigenvalue weighted by molar-refractivity contribution is -0.243. The van der Waals surface area contributed by atoms with Crippen LogP contribution in [0.1, 0.15) is 133 Å². The molecule has 0 spiro atoms.